The minimum Gasteiger partial charge on any atom is -0.493 e. The van der Waals surface area contributed by atoms with E-state index in [-0.39, 0.29) is 55.2 Å². The summed E-state index contributed by atoms with van der Waals surface area (Å²) in [6.07, 6.45) is 3.76. The minimum absolute atomic E-state index is 0.00421. The van der Waals surface area contributed by atoms with Gasteiger partial charge in [0.25, 0.3) is 0 Å². The molecule has 0 saturated carbocycles. The summed E-state index contributed by atoms with van der Waals surface area (Å²) < 4.78 is 31.3. The topological polar surface area (TPSA) is 176 Å². The van der Waals surface area contributed by atoms with Crippen molar-refractivity contribution in [2.75, 3.05) is 13.1 Å². The van der Waals surface area contributed by atoms with Crippen LogP contribution in [0.15, 0.2) is 100 Å². The number of hydrogen-bond acceptors (Lipinski definition) is 9. The number of pyridine rings is 1. The number of aliphatic hydroxyl groups excluding tert-OH is 1. The lowest BCUT2D eigenvalue weighted by molar-refractivity contribution is -0.127. The zero-order valence-corrected chi connectivity index (χ0v) is 29.6. The van der Waals surface area contributed by atoms with Crippen LogP contribution in [-0.4, -0.2) is 68.2 Å². The second-order valence-corrected chi connectivity index (χ2v) is 14.9. The summed E-state index contributed by atoms with van der Waals surface area (Å²) in [6.45, 7) is 7.16. The number of carbonyl (C=O) groups excluding carboxylic acids is 1. The highest BCUT2D eigenvalue weighted by molar-refractivity contribution is 7.89. The number of aliphatic hydroxyl groups is 1. The third kappa shape index (κ3) is 9.52. The van der Waals surface area contributed by atoms with Crippen molar-refractivity contribution in [3.63, 3.8) is 0 Å². The van der Waals surface area contributed by atoms with Gasteiger partial charge in [-0.15, -0.1) is 0 Å². The van der Waals surface area contributed by atoms with Crippen molar-refractivity contribution >= 4 is 15.9 Å². The van der Waals surface area contributed by atoms with Crippen LogP contribution in [0.2, 0.25) is 0 Å². The molecule has 13 nitrogen and oxygen atoms in total. The summed E-state index contributed by atoms with van der Waals surface area (Å²) in [5.41, 5.74) is 1.46. The lowest BCUT2D eigenvalue weighted by Crippen LogP contribution is -2.53. The van der Waals surface area contributed by atoms with Crippen molar-refractivity contribution in [2.24, 2.45) is 17.0 Å². The summed E-state index contributed by atoms with van der Waals surface area (Å²) in [5.74, 6) is -1.32. The van der Waals surface area contributed by atoms with Crippen molar-refractivity contribution in [2.45, 2.75) is 76.7 Å². The van der Waals surface area contributed by atoms with Crippen LogP contribution in [-0.2, 0) is 34.3 Å². The Bertz CT molecular complexity index is 1860. The van der Waals surface area contributed by atoms with E-state index in [1.54, 1.807) is 24.5 Å². The highest BCUT2D eigenvalue weighted by atomic mass is 32.2. The van der Waals surface area contributed by atoms with Crippen molar-refractivity contribution < 1.29 is 23.4 Å². The van der Waals surface area contributed by atoms with E-state index in [2.05, 4.69) is 15.5 Å². The Morgan fingerprint density at radius 1 is 0.980 bits per heavy atom. The predicted octanol–water partition coefficient (Wildman–Crippen LogP) is 4.09. The van der Waals surface area contributed by atoms with E-state index in [9.17, 15) is 33.1 Å². The average molecular weight is 707 g/mol. The number of nitrogens with zero attached hydrogens (tertiary/aromatic N) is 5. The first-order chi connectivity index (χ1) is 23.8. The van der Waals surface area contributed by atoms with Crippen LogP contribution in [0.5, 0.6) is 5.88 Å². The first-order valence-corrected chi connectivity index (χ1v) is 18.1. The molecule has 268 valence electrons. The second kappa shape index (κ2) is 17.3. The Hall–Kier alpha value is -4.66. The summed E-state index contributed by atoms with van der Waals surface area (Å²) in [6, 6.07) is 16.5. The maximum absolute atomic E-state index is 14.2. The van der Waals surface area contributed by atoms with Gasteiger partial charge in [-0.25, -0.2) is 13.2 Å². The van der Waals surface area contributed by atoms with Gasteiger partial charge in [-0.05, 0) is 53.1 Å². The molecule has 14 heteroatoms. The van der Waals surface area contributed by atoms with Crippen LogP contribution < -0.4 is 11.0 Å². The van der Waals surface area contributed by atoms with Crippen LogP contribution in [0.25, 0.3) is 0 Å². The fourth-order valence-electron chi connectivity index (χ4n) is 5.81. The van der Waals surface area contributed by atoms with Crippen LogP contribution in [0.3, 0.4) is 0 Å². The maximum atomic E-state index is 14.2. The zero-order valence-electron chi connectivity index (χ0n) is 28.8. The molecule has 0 aliphatic heterocycles. The van der Waals surface area contributed by atoms with Crippen molar-refractivity contribution in [3.8, 4) is 5.88 Å². The van der Waals surface area contributed by atoms with E-state index >= 15 is 0 Å². The number of nitrogens with one attached hydrogen (secondary N) is 1. The molecule has 50 heavy (non-hydrogen) atoms. The molecule has 0 saturated heterocycles. The van der Waals surface area contributed by atoms with Gasteiger partial charge in [-0.2, -0.15) is 9.21 Å². The van der Waals surface area contributed by atoms with E-state index in [1.165, 1.54) is 39.3 Å². The van der Waals surface area contributed by atoms with Crippen LogP contribution in [0, 0.1) is 16.7 Å². The number of benzene rings is 2. The van der Waals surface area contributed by atoms with Gasteiger partial charge in [-0.1, -0.05) is 87.8 Å². The Kier molecular flexibility index (Phi) is 13.2. The first-order valence-electron chi connectivity index (χ1n) is 16.7. The number of carbonyl (C=O) groups is 1. The third-order valence-electron chi connectivity index (χ3n) is 8.66. The molecule has 3 N–H and O–H groups in total. The number of sulfonamides is 1. The van der Waals surface area contributed by atoms with Gasteiger partial charge in [0.05, 0.1) is 29.8 Å². The number of imidazole rings is 1. The van der Waals surface area contributed by atoms with Gasteiger partial charge in [0.1, 0.15) is 12.6 Å². The van der Waals surface area contributed by atoms with Crippen LogP contribution in [0.1, 0.15) is 56.8 Å². The lowest BCUT2D eigenvalue weighted by atomic mass is 9.96. The van der Waals surface area contributed by atoms with Crippen molar-refractivity contribution in [1.82, 2.24) is 23.7 Å². The van der Waals surface area contributed by atoms with E-state index in [0.29, 0.717) is 17.5 Å². The Labute approximate surface area is 292 Å². The molecule has 4 aromatic rings. The molecule has 0 radical (unpaired) electrons. The average Bonchev–Trinajstić information content (AvgIpc) is 3.36. The van der Waals surface area contributed by atoms with Crippen molar-refractivity contribution in [3.05, 3.63) is 117 Å². The summed E-state index contributed by atoms with van der Waals surface area (Å²) in [5, 5.41) is 28.3. The minimum atomic E-state index is -4.10. The smallest absolute Gasteiger partial charge is 0.332 e. The van der Waals surface area contributed by atoms with E-state index in [0.717, 1.165) is 10.1 Å². The Morgan fingerprint density at radius 2 is 1.66 bits per heavy atom. The molecule has 4 rings (SSSR count). The number of amides is 1. The van der Waals surface area contributed by atoms with Gasteiger partial charge in [0.2, 0.25) is 21.8 Å². The van der Waals surface area contributed by atoms with Gasteiger partial charge in [0, 0.05) is 25.5 Å². The number of hydrogen-bond donors (Lipinski definition) is 3. The fourth-order valence-corrected chi connectivity index (χ4v) is 7.44. The molecule has 2 aromatic carbocycles. The molecule has 0 aliphatic carbocycles. The van der Waals surface area contributed by atoms with Gasteiger partial charge in [-0.3, -0.25) is 18.9 Å². The van der Waals surface area contributed by atoms with Crippen LogP contribution >= 0.6 is 0 Å². The van der Waals surface area contributed by atoms with Gasteiger partial charge >= 0.3 is 5.69 Å². The number of nitroso groups, excluding NO2 is 1. The number of rotatable bonds is 18. The molecule has 0 unspecified atom stereocenters. The largest absolute Gasteiger partial charge is 0.493 e. The molecule has 2 heterocycles. The fraction of sp³-hybridized carbons (Fsp3) is 0.417. The van der Waals surface area contributed by atoms with E-state index in [1.807, 2.05) is 58.0 Å². The molecule has 0 aliphatic rings. The standard InChI is InChI=1S/C36H46N6O7S/c1-5-26(4)34(42-24-33(44)41(36(42)46)22-29-12-9-17-37-19-29)35(45)39-31(18-27-10-7-6-8-11-27)32(43)23-40(21-25(2)3)50(48,49)30-15-13-28(14-16-30)20-38-47/h6-17,19,24-26,31-32,34,43-44H,5,18,20-23H2,1-4H3,(H,39,45)/t26-,31-,32+,34-/m0/s1. The Morgan fingerprint density at radius 3 is 2.26 bits per heavy atom. The highest BCUT2D eigenvalue weighted by Crippen LogP contribution is 2.25. The predicted molar refractivity (Wildman–Crippen MR) is 190 cm³/mol. The monoisotopic (exact) mass is 706 g/mol. The summed E-state index contributed by atoms with van der Waals surface area (Å²) in [7, 11) is -4.10. The molecule has 1 amide bonds. The molecule has 0 fully saturated rings. The molecule has 2 aromatic heterocycles. The molecule has 0 spiro atoms. The highest BCUT2D eigenvalue weighted by Gasteiger charge is 2.35. The molecule has 0 bridgehead atoms. The molecule has 4 atom stereocenters. The second-order valence-electron chi connectivity index (χ2n) is 13.0. The van der Waals surface area contributed by atoms with Gasteiger partial charge < -0.3 is 15.5 Å². The molecular formula is C36H46N6O7S. The van der Waals surface area contributed by atoms with Crippen LogP contribution in [0.4, 0.5) is 0 Å². The van der Waals surface area contributed by atoms with Gasteiger partial charge in [0.15, 0.2) is 0 Å². The van der Waals surface area contributed by atoms with E-state index < -0.39 is 39.8 Å². The number of aromatic hydroxyl groups is 1. The zero-order chi connectivity index (χ0) is 36.4. The summed E-state index contributed by atoms with van der Waals surface area (Å²) >= 11 is 0. The third-order valence-corrected chi connectivity index (χ3v) is 10.5. The van der Waals surface area contributed by atoms with Crippen molar-refractivity contribution in [1.29, 1.82) is 0 Å². The summed E-state index contributed by atoms with van der Waals surface area (Å²) in [4.78, 5) is 42.6. The lowest BCUT2D eigenvalue weighted by Gasteiger charge is -2.32. The molecular weight excluding hydrogens is 660 g/mol. The maximum Gasteiger partial charge on any atom is 0.332 e. The number of aromatic nitrogens is 3. The first kappa shape index (κ1) is 38.1. The quantitative estimate of drug-likeness (QED) is 0.130. The van der Waals surface area contributed by atoms with E-state index in [4.69, 9.17) is 0 Å². The SMILES string of the molecule is CC[C@H](C)[C@@H](C(=O)N[C@@H](Cc1ccccc1)[C@H](O)CN(CC(C)C)S(=O)(=O)c1ccc(CN=O)cc1)n1cc(O)n(Cc2cccnc2)c1=O. The normalized spacial score (nSPS) is 14.3. The Balaban J connectivity index is 1.66.